The molecule has 1 aliphatic rings. The molecule has 1 aliphatic heterocycles. The SMILES string of the molecule is CC1C(=O)Nc2cc(F)c(Br)cc2N1C. The van der Waals surface area contributed by atoms with Gasteiger partial charge in [0.2, 0.25) is 5.91 Å². The van der Waals surface area contributed by atoms with Crippen LogP contribution in [0.1, 0.15) is 6.92 Å². The van der Waals surface area contributed by atoms with Crippen molar-refractivity contribution in [2.75, 3.05) is 17.3 Å². The number of hydrogen-bond acceptors (Lipinski definition) is 2. The van der Waals surface area contributed by atoms with Crippen LogP contribution in [0.25, 0.3) is 0 Å². The van der Waals surface area contributed by atoms with Crippen molar-refractivity contribution in [3.05, 3.63) is 22.4 Å². The molecule has 0 radical (unpaired) electrons. The van der Waals surface area contributed by atoms with Gasteiger partial charge in [0, 0.05) is 13.1 Å². The quantitative estimate of drug-likeness (QED) is 0.787. The molecule has 0 aromatic heterocycles. The van der Waals surface area contributed by atoms with Gasteiger partial charge in [-0.3, -0.25) is 4.79 Å². The normalized spacial score (nSPS) is 19.9. The van der Waals surface area contributed by atoms with Gasteiger partial charge in [0.05, 0.1) is 15.8 Å². The zero-order valence-electron chi connectivity index (χ0n) is 8.34. The van der Waals surface area contributed by atoms with E-state index in [1.807, 2.05) is 11.9 Å². The van der Waals surface area contributed by atoms with Crippen molar-refractivity contribution in [2.24, 2.45) is 0 Å². The summed E-state index contributed by atoms with van der Waals surface area (Å²) in [6, 6.07) is 2.75. The summed E-state index contributed by atoms with van der Waals surface area (Å²) < 4.78 is 13.6. The van der Waals surface area contributed by atoms with Crippen molar-refractivity contribution >= 4 is 33.2 Å². The van der Waals surface area contributed by atoms with Gasteiger partial charge in [0.15, 0.2) is 0 Å². The van der Waals surface area contributed by atoms with E-state index in [0.29, 0.717) is 10.2 Å². The van der Waals surface area contributed by atoms with Crippen LogP contribution in [0.3, 0.4) is 0 Å². The number of amides is 1. The second-order valence-corrected chi connectivity index (χ2v) is 4.41. The van der Waals surface area contributed by atoms with E-state index in [1.54, 1.807) is 13.0 Å². The lowest BCUT2D eigenvalue weighted by molar-refractivity contribution is -0.117. The Hall–Kier alpha value is -1.10. The number of anilines is 2. The average Bonchev–Trinajstić information content (AvgIpc) is 2.19. The topological polar surface area (TPSA) is 32.3 Å². The fraction of sp³-hybridized carbons (Fsp3) is 0.300. The summed E-state index contributed by atoms with van der Waals surface area (Å²) in [6.07, 6.45) is 0. The van der Waals surface area contributed by atoms with E-state index >= 15 is 0 Å². The predicted octanol–water partition coefficient (Wildman–Crippen LogP) is 2.37. The molecule has 3 nitrogen and oxygen atoms in total. The van der Waals surface area contributed by atoms with Crippen LogP contribution >= 0.6 is 15.9 Å². The van der Waals surface area contributed by atoms with Crippen LogP contribution in [0.2, 0.25) is 0 Å². The van der Waals surface area contributed by atoms with E-state index in [0.717, 1.165) is 5.69 Å². The van der Waals surface area contributed by atoms with Crippen LogP contribution < -0.4 is 10.2 Å². The zero-order chi connectivity index (χ0) is 11.2. The number of fused-ring (bicyclic) bond motifs is 1. The Bertz CT molecular complexity index is 436. The molecular formula is C10H10BrFN2O. The number of likely N-dealkylation sites (N-methyl/N-ethyl adjacent to an activating group) is 1. The third-order valence-electron chi connectivity index (χ3n) is 2.64. The molecule has 0 spiro atoms. The molecule has 1 atom stereocenters. The number of carbonyl (C=O) groups is 1. The van der Waals surface area contributed by atoms with Crippen LogP contribution in [-0.4, -0.2) is 19.0 Å². The van der Waals surface area contributed by atoms with Crippen LogP contribution in [0.15, 0.2) is 16.6 Å². The number of hydrogen-bond donors (Lipinski definition) is 1. The monoisotopic (exact) mass is 272 g/mol. The first-order chi connectivity index (χ1) is 7.00. The highest BCUT2D eigenvalue weighted by Crippen LogP contribution is 2.34. The summed E-state index contributed by atoms with van der Waals surface area (Å²) in [5.74, 6) is -0.497. The van der Waals surface area contributed by atoms with Gasteiger partial charge in [-0.25, -0.2) is 4.39 Å². The largest absolute Gasteiger partial charge is 0.361 e. The number of halogens is 2. The summed E-state index contributed by atoms with van der Waals surface area (Å²) in [5, 5.41) is 2.67. The maximum Gasteiger partial charge on any atom is 0.246 e. The number of nitrogens with one attached hydrogen (secondary N) is 1. The average molecular weight is 273 g/mol. The standard InChI is InChI=1S/C10H10BrFN2O/c1-5-10(15)13-8-4-7(12)6(11)3-9(8)14(5)2/h3-5H,1-2H3,(H,13,15). The first-order valence-electron chi connectivity index (χ1n) is 4.53. The Kier molecular flexibility index (Phi) is 2.42. The second-order valence-electron chi connectivity index (χ2n) is 3.56. The Labute approximate surface area is 95.4 Å². The smallest absolute Gasteiger partial charge is 0.246 e. The minimum Gasteiger partial charge on any atom is -0.361 e. The highest BCUT2D eigenvalue weighted by Gasteiger charge is 2.27. The Morgan fingerprint density at radius 2 is 2.20 bits per heavy atom. The van der Waals surface area contributed by atoms with Gasteiger partial charge < -0.3 is 10.2 Å². The lowest BCUT2D eigenvalue weighted by Gasteiger charge is -2.33. The van der Waals surface area contributed by atoms with Crippen molar-refractivity contribution in [1.82, 2.24) is 0 Å². The second kappa shape index (κ2) is 3.48. The lowest BCUT2D eigenvalue weighted by atomic mass is 10.1. The highest BCUT2D eigenvalue weighted by atomic mass is 79.9. The van der Waals surface area contributed by atoms with Gasteiger partial charge in [0.25, 0.3) is 0 Å². The van der Waals surface area contributed by atoms with E-state index in [2.05, 4.69) is 21.2 Å². The molecule has 1 aromatic rings. The molecule has 0 fully saturated rings. The number of carbonyl (C=O) groups excluding carboxylic acids is 1. The third kappa shape index (κ3) is 1.61. The van der Waals surface area contributed by atoms with Gasteiger partial charge in [-0.05, 0) is 28.9 Å². The van der Waals surface area contributed by atoms with Crippen molar-refractivity contribution in [3.8, 4) is 0 Å². The molecular weight excluding hydrogens is 263 g/mol. The maximum absolute atomic E-state index is 13.2. The summed E-state index contributed by atoms with van der Waals surface area (Å²) in [4.78, 5) is 13.3. The predicted molar refractivity (Wildman–Crippen MR) is 60.6 cm³/mol. The fourth-order valence-corrected chi connectivity index (χ4v) is 1.88. The van der Waals surface area contributed by atoms with Crippen LogP contribution in [0, 0.1) is 5.82 Å². The summed E-state index contributed by atoms with van der Waals surface area (Å²) >= 11 is 3.12. The Balaban J connectivity index is 2.56. The van der Waals surface area contributed by atoms with Gasteiger partial charge in [-0.1, -0.05) is 0 Å². The number of rotatable bonds is 0. The molecule has 1 heterocycles. The Morgan fingerprint density at radius 3 is 2.87 bits per heavy atom. The van der Waals surface area contributed by atoms with Crippen LogP contribution in [-0.2, 0) is 4.79 Å². The van der Waals surface area contributed by atoms with E-state index < -0.39 is 0 Å². The van der Waals surface area contributed by atoms with E-state index in [1.165, 1.54) is 6.07 Å². The Morgan fingerprint density at radius 1 is 1.53 bits per heavy atom. The molecule has 0 bridgehead atoms. The molecule has 15 heavy (non-hydrogen) atoms. The molecule has 0 aliphatic carbocycles. The molecule has 0 saturated carbocycles. The summed E-state index contributed by atoms with van der Waals surface area (Å²) in [5.41, 5.74) is 1.33. The minimum absolute atomic E-state index is 0.119. The first kappa shape index (κ1) is 10.4. The van der Waals surface area contributed by atoms with Crippen molar-refractivity contribution in [2.45, 2.75) is 13.0 Å². The van der Waals surface area contributed by atoms with Gasteiger partial charge in [-0.2, -0.15) is 0 Å². The molecule has 80 valence electrons. The van der Waals surface area contributed by atoms with Gasteiger partial charge in [0.1, 0.15) is 11.9 Å². The molecule has 1 unspecified atom stereocenters. The molecule has 2 rings (SSSR count). The molecule has 1 amide bonds. The van der Waals surface area contributed by atoms with Crippen molar-refractivity contribution < 1.29 is 9.18 Å². The maximum atomic E-state index is 13.2. The van der Waals surface area contributed by atoms with E-state index in [9.17, 15) is 9.18 Å². The summed E-state index contributed by atoms with van der Waals surface area (Å²) in [6.45, 7) is 1.80. The van der Waals surface area contributed by atoms with Crippen molar-refractivity contribution in [3.63, 3.8) is 0 Å². The van der Waals surface area contributed by atoms with Crippen LogP contribution in [0.5, 0.6) is 0 Å². The minimum atomic E-state index is -0.378. The highest BCUT2D eigenvalue weighted by molar-refractivity contribution is 9.10. The zero-order valence-corrected chi connectivity index (χ0v) is 9.93. The van der Waals surface area contributed by atoms with Crippen LogP contribution in [0.4, 0.5) is 15.8 Å². The molecule has 0 saturated heterocycles. The van der Waals surface area contributed by atoms with E-state index in [-0.39, 0.29) is 17.8 Å². The van der Waals surface area contributed by atoms with E-state index in [4.69, 9.17) is 0 Å². The lowest BCUT2D eigenvalue weighted by Crippen LogP contribution is -2.43. The fourth-order valence-electron chi connectivity index (χ4n) is 1.55. The number of nitrogens with zero attached hydrogens (tertiary/aromatic N) is 1. The number of benzene rings is 1. The molecule has 5 heteroatoms. The van der Waals surface area contributed by atoms with Gasteiger partial charge in [-0.15, -0.1) is 0 Å². The van der Waals surface area contributed by atoms with Gasteiger partial charge >= 0.3 is 0 Å². The summed E-state index contributed by atoms with van der Waals surface area (Å²) in [7, 11) is 1.81. The van der Waals surface area contributed by atoms with Crippen molar-refractivity contribution in [1.29, 1.82) is 0 Å². The third-order valence-corrected chi connectivity index (χ3v) is 3.24. The first-order valence-corrected chi connectivity index (χ1v) is 5.32. The molecule has 1 aromatic carbocycles. The molecule has 1 N–H and O–H groups in total.